The Balaban J connectivity index is 0.00000243. The normalized spacial score (nSPS) is 16.9. The van der Waals surface area contributed by atoms with Crippen LogP contribution >= 0.6 is 12.4 Å². The Morgan fingerprint density at radius 2 is 2.31 bits per heavy atom. The van der Waals surface area contributed by atoms with E-state index in [0.717, 1.165) is 37.5 Å². The molecule has 0 bridgehead atoms. The molecule has 0 aromatic carbocycles. The van der Waals surface area contributed by atoms with Gasteiger partial charge in [0.25, 0.3) is 5.91 Å². The fourth-order valence-corrected chi connectivity index (χ4v) is 3.09. The number of furan rings is 1. The Labute approximate surface area is 160 Å². The first-order valence-corrected chi connectivity index (χ1v) is 8.77. The Kier molecular flexibility index (Phi) is 7.68. The minimum atomic E-state index is -0.103. The van der Waals surface area contributed by atoms with Gasteiger partial charge in [0, 0.05) is 26.4 Å². The minimum absolute atomic E-state index is 0. The molecule has 1 saturated heterocycles. The van der Waals surface area contributed by atoms with Crippen molar-refractivity contribution in [2.75, 3.05) is 33.4 Å². The number of nitrogens with one attached hydrogen (secondary N) is 1. The van der Waals surface area contributed by atoms with Gasteiger partial charge < -0.3 is 19.4 Å². The maximum Gasteiger partial charge on any atom is 0.274 e. The highest BCUT2D eigenvalue weighted by atomic mass is 35.5. The fraction of sp³-hybridized carbons (Fsp3) is 0.556. The number of carbonyl (C=O) groups excluding carboxylic acids is 1. The topological polar surface area (TPSA) is 72.5 Å². The number of aryl methyl sites for hydroxylation is 1. The average Bonchev–Trinajstić information content (AvgIpc) is 3.28. The summed E-state index contributed by atoms with van der Waals surface area (Å²) in [5.74, 6) is 1.50. The molecule has 26 heavy (non-hydrogen) atoms. The van der Waals surface area contributed by atoms with Crippen molar-refractivity contribution in [3.8, 4) is 0 Å². The molecule has 0 saturated carbocycles. The van der Waals surface area contributed by atoms with E-state index in [1.54, 1.807) is 18.1 Å². The van der Waals surface area contributed by atoms with Gasteiger partial charge in [-0.3, -0.25) is 9.48 Å². The van der Waals surface area contributed by atoms with Crippen LogP contribution in [0.5, 0.6) is 0 Å². The highest BCUT2D eigenvalue weighted by molar-refractivity contribution is 5.92. The molecule has 2 aromatic heterocycles. The molecule has 7 nitrogen and oxygen atoms in total. The van der Waals surface area contributed by atoms with Crippen LogP contribution in [0.1, 0.15) is 40.9 Å². The van der Waals surface area contributed by atoms with Gasteiger partial charge in [0.05, 0.1) is 19.2 Å². The molecular weight excluding hydrogens is 356 g/mol. The van der Waals surface area contributed by atoms with Crippen molar-refractivity contribution in [3.05, 3.63) is 41.6 Å². The lowest BCUT2D eigenvalue weighted by molar-refractivity contribution is 0.0658. The van der Waals surface area contributed by atoms with Crippen LogP contribution in [0.3, 0.4) is 0 Å². The molecule has 0 spiro atoms. The number of rotatable bonds is 7. The number of hydrogen-bond acceptors (Lipinski definition) is 5. The van der Waals surface area contributed by atoms with E-state index in [9.17, 15) is 4.79 Å². The lowest BCUT2D eigenvalue weighted by Crippen LogP contribution is -2.34. The molecule has 1 aliphatic heterocycles. The molecular formula is C18H27ClN4O3. The van der Waals surface area contributed by atoms with Gasteiger partial charge in [-0.25, -0.2) is 0 Å². The summed E-state index contributed by atoms with van der Waals surface area (Å²) >= 11 is 0. The first kappa shape index (κ1) is 20.5. The molecule has 1 amide bonds. The number of halogens is 1. The summed E-state index contributed by atoms with van der Waals surface area (Å²) in [6, 6.07) is 5.91. The van der Waals surface area contributed by atoms with E-state index in [0.29, 0.717) is 31.4 Å². The molecule has 1 fully saturated rings. The Morgan fingerprint density at radius 3 is 2.96 bits per heavy atom. The average molecular weight is 383 g/mol. The molecule has 1 atom stereocenters. The first-order chi connectivity index (χ1) is 12.2. The zero-order valence-electron chi connectivity index (χ0n) is 15.3. The number of amides is 1. The van der Waals surface area contributed by atoms with Crippen molar-refractivity contribution in [1.82, 2.24) is 20.0 Å². The van der Waals surface area contributed by atoms with Crippen LogP contribution in [0.25, 0.3) is 0 Å². The highest BCUT2D eigenvalue weighted by Gasteiger charge is 2.22. The predicted molar refractivity (Wildman–Crippen MR) is 101 cm³/mol. The van der Waals surface area contributed by atoms with Gasteiger partial charge in [0.15, 0.2) is 0 Å². The number of carbonyl (C=O) groups is 1. The lowest BCUT2D eigenvalue weighted by Gasteiger charge is -2.23. The summed E-state index contributed by atoms with van der Waals surface area (Å²) in [6.07, 6.45) is 4.11. The van der Waals surface area contributed by atoms with Crippen molar-refractivity contribution in [2.45, 2.75) is 32.4 Å². The Bertz CT molecular complexity index is 694. The van der Waals surface area contributed by atoms with Gasteiger partial charge in [-0.2, -0.15) is 5.10 Å². The molecule has 3 heterocycles. The summed E-state index contributed by atoms with van der Waals surface area (Å²) in [7, 11) is 1.63. The fourth-order valence-electron chi connectivity index (χ4n) is 3.09. The number of nitrogens with zero attached hydrogens (tertiary/aromatic N) is 3. The molecule has 0 radical (unpaired) electrons. The molecule has 8 heteroatoms. The van der Waals surface area contributed by atoms with Crippen LogP contribution in [-0.4, -0.2) is 53.9 Å². The van der Waals surface area contributed by atoms with E-state index in [-0.39, 0.29) is 18.3 Å². The van der Waals surface area contributed by atoms with E-state index < -0.39 is 0 Å². The van der Waals surface area contributed by atoms with Crippen LogP contribution in [0.15, 0.2) is 28.8 Å². The lowest BCUT2D eigenvalue weighted by atomic mass is 10.1. The van der Waals surface area contributed by atoms with Gasteiger partial charge in [0.2, 0.25) is 0 Å². The van der Waals surface area contributed by atoms with E-state index >= 15 is 0 Å². The molecule has 3 rings (SSSR count). The van der Waals surface area contributed by atoms with Gasteiger partial charge in [-0.05, 0) is 44.5 Å². The van der Waals surface area contributed by atoms with Gasteiger partial charge in [0.1, 0.15) is 17.2 Å². The van der Waals surface area contributed by atoms with Crippen LogP contribution in [0, 0.1) is 6.92 Å². The van der Waals surface area contributed by atoms with Crippen LogP contribution in [0.2, 0.25) is 0 Å². The van der Waals surface area contributed by atoms with Crippen LogP contribution < -0.4 is 5.32 Å². The minimum Gasteiger partial charge on any atom is -0.464 e. The number of piperidine rings is 1. The monoisotopic (exact) mass is 382 g/mol. The summed E-state index contributed by atoms with van der Waals surface area (Å²) in [6.45, 7) is 5.22. The second-order valence-corrected chi connectivity index (χ2v) is 6.41. The van der Waals surface area contributed by atoms with Crippen LogP contribution in [0.4, 0.5) is 0 Å². The van der Waals surface area contributed by atoms with E-state index in [1.807, 2.05) is 29.9 Å². The van der Waals surface area contributed by atoms with Crippen molar-refractivity contribution in [1.29, 1.82) is 0 Å². The molecule has 0 aliphatic carbocycles. The number of hydrogen-bond donors (Lipinski definition) is 1. The Hall–Kier alpha value is -1.83. The quantitative estimate of drug-likeness (QED) is 0.796. The molecule has 1 N–H and O–H groups in total. The molecule has 144 valence electrons. The number of methoxy groups -OCH3 is 1. The Morgan fingerprint density at radius 1 is 1.46 bits per heavy atom. The standard InChI is InChI=1S/C18H26N4O3.ClH/c1-14-5-6-16(25-14)13-21(10-11-24-2)18(23)17-7-9-22(20-17)15-4-3-8-19-12-15;/h5-7,9,15,19H,3-4,8,10-13H2,1-2H3;1H. The maximum absolute atomic E-state index is 12.9. The van der Waals surface area contributed by atoms with E-state index in [4.69, 9.17) is 9.15 Å². The van der Waals surface area contributed by atoms with Crippen molar-refractivity contribution >= 4 is 18.3 Å². The molecule has 2 aromatic rings. The number of aromatic nitrogens is 2. The summed E-state index contributed by atoms with van der Waals surface area (Å²) in [5.41, 5.74) is 0.463. The highest BCUT2D eigenvalue weighted by Crippen LogP contribution is 2.17. The molecule has 1 aliphatic rings. The van der Waals surface area contributed by atoms with Crippen molar-refractivity contribution in [2.24, 2.45) is 0 Å². The smallest absolute Gasteiger partial charge is 0.274 e. The largest absolute Gasteiger partial charge is 0.464 e. The summed E-state index contributed by atoms with van der Waals surface area (Å²) in [4.78, 5) is 14.6. The van der Waals surface area contributed by atoms with E-state index in [1.165, 1.54) is 0 Å². The zero-order valence-corrected chi connectivity index (χ0v) is 16.1. The SMILES string of the molecule is COCCN(Cc1ccc(C)o1)C(=O)c1ccn(C2CCCNC2)n1.Cl. The molecule has 1 unspecified atom stereocenters. The van der Waals surface area contributed by atoms with E-state index in [2.05, 4.69) is 10.4 Å². The third-order valence-electron chi connectivity index (χ3n) is 4.47. The maximum atomic E-state index is 12.9. The zero-order chi connectivity index (χ0) is 17.6. The second-order valence-electron chi connectivity index (χ2n) is 6.41. The summed E-state index contributed by atoms with van der Waals surface area (Å²) < 4.78 is 12.7. The number of ether oxygens (including phenoxy) is 1. The van der Waals surface area contributed by atoms with Crippen molar-refractivity contribution in [3.63, 3.8) is 0 Å². The summed E-state index contributed by atoms with van der Waals surface area (Å²) in [5, 5.41) is 7.90. The first-order valence-electron chi connectivity index (χ1n) is 8.77. The second kappa shape index (κ2) is 9.75. The third kappa shape index (κ3) is 5.09. The predicted octanol–water partition coefficient (Wildman–Crippen LogP) is 2.42. The van der Waals surface area contributed by atoms with Gasteiger partial charge >= 0.3 is 0 Å². The van der Waals surface area contributed by atoms with Gasteiger partial charge in [-0.15, -0.1) is 12.4 Å². The van der Waals surface area contributed by atoms with Gasteiger partial charge in [-0.1, -0.05) is 0 Å². The van der Waals surface area contributed by atoms with Crippen molar-refractivity contribution < 1.29 is 13.9 Å². The van der Waals surface area contributed by atoms with Crippen LogP contribution in [-0.2, 0) is 11.3 Å². The third-order valence-corrected chi connectivity index (χ3v) is 4.47.